The van der Waals surface area contributed by atoms with Crippen molar-refractivity contribution in [3.63, 3.8) is 0 Å². The molecule has 0 bridgehead atoms. The third-order valence-corrected chi connectivity index (χ3v) is 4.58. The van der Waals surface area contributed by atoms with Crippen molar-refractivity contribution in [1.29, 1.82) is 0 Å². The highest BCUT2D eigenvalue weighted by Gasteiger charge is 2.32. The molecule has 1 fully saturated rings. The molecule has 158 valence electrons. The van der Waals surface area contributed by atoms with Gasteiger partial charge in [-0.2, -0.15) is 0 Å². The van der Waals surface area contributed by atoms with Gasteiger partial charge in [0.25, 0.3) is 5.91 Å². The molecule has 3 amide bonds. The van der Waals surface area contributed by atoms with Crippen molar-refractivity contribution in [3.8, 4) is 11.5 Å². The quantitative estimate of drug-likeness (QED) is 0.460. The fourth-order valence-corrected chi connectivity index (χ4v) is 3.06. The second-order valence-corrected chi connectivity index (χ2v) is 7.01. The molecule has 1 atom stereocenters. The first-order valence-corrected chi connectivity index (χ1v) is 9.48. The molecule has 2 heterocycles. The van der Waals surface area contributed by atoms with Crippen LogP contribution in [0.2, 0.25) is 0 Å². The van der Waals surface area contributed by atoms with E-state index < -0.39 is 18.0 Å². The molecule has 1 saturated heterocycles. The summed E-state index contributed by atoms with van der Waals surface area (Å²) in [6.07, 6.45) is 0.105. The Hall–Kier alpha value is -2.85. The summed E-state index contributed by atoms with van der Waals surface area (Å²) in [6.45, 7) is 2.14. The Labute approximate surface area is 169 Å². The lowest BCUT2D eigenvalue weighted by atomic mass is 10.1. The topological polar surface area (TPSA) is 109 Å². The van der Waals surface area contributed by atoms with Crippen molar-refractivity contribution in [3.05, 3.63) is 23.8 Å². The van der Waals surface area contributed by atoms with E-state index in [-0.39, 0.29) is 19.2 Å². The first kappa shape index (κ1) is 20.9. The van der Waals surface area contributed by atoms with Gasteiger partial charge in [-0.1, -0.05) is 0 Å². The molecule has 2 aliphatic heterocycles. The predicted octanol–water partition coefficient (Wildman–Crippen LogP) is -0.602. The molecule has 10 heteroatoms. The Bertz CT molecular complexity index is 769. The van der Waals surface area contributed by atoms with Crippen LogP contribution in [0, 0.1) is 0 Å². The lowest BCUT2D eigenvalue weighted by Crippen LogP contribution is -2.47. The molecular formula is C19H26N4O6. The highest BCUT2D eigenvalue weighted by molar-refractivity contribution is 6.35. The van der Waals surface area contributed by atoms with Crippen LogP contribution < -0.4 is 20.1 Å². The number of hydrogen-bond donors (Lipinski definition) is 2. The van der Waals surface area contributed by atoms with Crippen LogP contribution in [0.5, 0.6) is 11.5 Å². The number of rotatable bonds is 7. The SMILES string of the molecule is CN(C)CCCNC(=O)C(=O)NC[C@H]1OCCN1C(=O)c1ccc2c(c1)OCO2. The lowest BCUT2D eigenvalue weighted by molar-refractivity contribution is -0.139. The van der Waals surface area contributed by atoms with E-state index in [0.29, 0.717) is 36.8 Å². The number of ether oxygens (including phenoxy) is 3. The Balaban J connectivity index is 1.48. The van der Waals surface area contributed by atoms with Crippen LogP contribution >= 0.6 is 0 Å². The van der Waals surface area contributed by atoms with Gasteiger partial charge < -0.3 is 34.6 Å². The molecule has 29 heavy (non-hydrogen) atoms. The highest BCUT2D eigenvalue weighted by atomic mass is 16.7. The second kappa shape index (κ2) is 9.57. The van der Waals surface area contributed by atoms with Crippen molar-refractivity contribution in [2.75, 3.05) is 53.7 Å². The molecule has 10 nitrogen and oxygen atoms in total. The smallest absolute Gasteiger partial charge is 0.309 e. The van der Waals surface area contributed by atoms with Crippen LogP contribution in [0.1, 0.15) is 16.8 Å². The van der Waals surface area contributed by atoms with E-state index in [0.717, 1.165) is 13.0 Å². The molecule has 1 aromatic rings. The standard InChI is InChI=1S/C19H26N4O6/c1-22(2)7-3-6-20-17(24)18(25)21-11-16-23(8-9-27-16)19(26)13-4-5-14-15(10-13)29-12-28-14/h4-5,10,16H,3,6-9,11-12H2,1-2H3,(H,20,24)(H,21,25)/t16-/m1/s1. The number of benzene rings is 1. The fourth-order valence-electron chi connectivity index (χ4n) is 3.06. The minimum absolute atomic E-state index is 0.0280. The van der Waals surface area contributed by atoms with Gasteiger partial charge in [-0.25, -0.2) is 0 Å². The predicted molar refractivity (Wildman–Crippen MR) is 103 cm³/mol. The molecule has 0 radical (unpaired) electrons. The first-order valence-electron chi connectivity index (χ1n) is 9.48. The zero-order chi connectivity index (χ0) is 20.8. The number of carbonyl (C=O) groups excluding carboxylic acids is 3. The van der Waals surface area contributed by atoms with Crippen molar-refractivity contribution in [2.24, 2.45) is 0 Å². The Morgan fingerprint density at radius 3 is 2.69 bits per heavy atom. The maximum atomic E-state index is 12.8. The molecule has 0 saturated carbocycles. The second-order valence-electron chi connectivity index (χ2n) is 7.01. The average molecular weight is 406 g/mol. The van der Waals surface area contributed by atoms with E-state index in [2.05, 4.69) is 10.6 Å². The summed E-state index contributed by atoms with van der Waals surface area (Å²) in [5.74, 6) is -0.573. The van der Waals surface area contributed by atoms with Gasteiger partial charge in [0, 0.05) is 18.7 Å². The van der Waals surface area contributed by atoms with E-state index in [1.165, 1.54) is 4.90 Å². The van der Waals surface area contributed by atoms with Crippen LogP contribution in [0.4, 0.5) is 0 Å². The summed E-state index contributed by atoms with van der Waals surface area (Å²) in [4.78, 5) is 40.2. The van der Waals surface area contributed by atoms with Gasteiger partial charge in [0.1, 0.15) is 6.23 Å². The molecule has 0 aliphatic carbocycles. The molecule has 1 aromatic carbocycles. The van der Waals surface area contributed by atoms with Crippen molar-refractivity contribution < 1.29 is 28.6 Å². The maximum absolute atomic E-state index is 12.8. The third-order valence-electron chi connectivity index (χ3n) is 4.58. The van der Waals surface area contributed by atoms with Gasteiger partial charge >= 0.3 is 11.8 Å². The van der Waals surface area contributed by atoms with Crippen LogP contribution in [-0.4, -0.2) is 87.4 Å². The number of hydrogen-bond acceptors (Lipinski definition) is 7. The van der Waals surface area contributed by atoms with Gasteiger partial charge in [-0.05, 0) is 45.3 Å². The molecular weight excluding hydrogens is 380 g/mol. The Morgan fingerprint density at radius 1 is 1.14 bits per heavy atom. The number of fused-ring (bicyclic) bond motifs is 1. The number of amides is 3. The van der Waals surface area contributed by atoms with E-state index in [4.69, 9.17) is 14.2 Å². The molecule has 3 rings (SSSR count). The van der Waals surface area contributed by atoms with Gasteiger partial charge in [-0.15, -0.1) is 0 Å². The molecule has 2 N–H and O–H groups in total. The summed E-state index contributed by atoms with van der Waals surface area (Å²) in [7, 11) is 3.87. The minimum atomic E-state index is -0.749. The molecule has 2 aliphatic rings. The van der Waals surface area contributed by atoms with Gasteiger partial charge in [0.05, 0.1) is 13.2 Å². The van der Waals surface area contributed by atoms with E-state index >= 15 is 0 Å². The van der Waals surface area contributed by atoms with Crippen molar-refractivity contribution >= 4 is 17.7 Å². The number of nitrogens with one attached hydrogen (secondary N) is 2. The normalized spacial score (nSPS) is 17.5. The zero-order valence-corrected chi connectivity index (χ0v) is 16.6. The maximum Gasteiger partial charge on any atom is 0.309 e. The Morgan fingerprint density at radius 2 is 1.90 bits per heavy atom. The summed E-state index contributed by atoms with van der Waals surface area (Å²) in [5, 5.41) is 5.10. The summed E-state index contributed by atoms with van der Waals surface area (Å²) >= 11 is 0. The average Bonchev–Trinajstić information content (AvgIpc) is 3.36. The number of nitrogens with zero attached hydrogens (tertiary/aromatic N) is 2. The first-order chi connectivity index (χ1) is 14.0. The van der Waals surface area contributed by atoms with E-state index in [1.807, 2.05) is 19.0 Å². The van der Waals surface area contributed by atoms with Crippen LogP contribution in [0.15, 0.2) is 18.2 Å². The van der Waals surface area contributed by atoms with E-state index in [9.17, 15) is 14.4 Å². The Kier molecular flexibility index (Phi) is 6.89. The van der Waals surface area contributed by atoms with E-state index in [1.54, 1.807) is 18.2 Å². The number of carbonyl (C=O) groups is 3. The summed E-state index contributed by atoms with van der Waals surface area (Å²) in [5.41, 5.74) is 0.440. The molecule has 0 aromatic heterocycles. The van der Waals surface area contributed by atoms with Gasteiger partial charge in [0.2, 0.25) is 6.79 Å². The largest absolute Gasteiger partial charge is 0.454 e. The monoisotopic (exact) mass is 406 g/mol. The highest BCUT2D eigenvalue weighted by Crippen LogP contribution is 2.33. The van der Waals surface area contributed by atoms with Crippen molar-refractivity contribution in [1.82, 2.24) is 20.4 Å². The zero-order valence-electron chi connectivity index (χ0n) is 16.6. The van der Waals surface area contributed by atoms with Gasteiger partial charge in [0.15, 0.2) is 11.5 Å². The van der Waals surface area contributed by atoms with Crippen LogP contribution in [0.25, 0.3) is 0 Å². The van der Waals surface area contributed by atoms with Gasteiger partial charge in [-0.3, -0.25) is 14.4 Å². The van der Waals surface area contributed by atoms with Crippen molar-refractivity contribution in [2.45, 2.75) is 12.6 Å². The van der Waals surface area contributed by atoms with Crippen LogP contribution in [-0.2, 0) is 14.3 Å². The third kappa shape index (κ3) is 5.36. The summed E-state index contributed by atoms with van der Waals surface area (Å²) < 4.78 is 16.1. The fraction of sp³-hybridized carbons (Fsp3) is 0.526. The lowest BCUT2D eigenvalue weighted by Gasteiger charge is -2.23. The minimum Gasteiger partial charge on any atom is -0.454 e. The molecule has 0 unspecified atom stereocenters. The van der Waals surface area contributed by atoms with Crippen LogP contribution in [0.3, 0.4) is 0 Å². The summed E-state index contributed by atoms with van der Waals surface area (Å²) in [6, 6.07) is 4.97. The molecule has 0 spiro atoms.